The van der Waals surface area contributed by atoms with Crippen molar-refractivity contribution < 1.29 is 4.74 Å². The molecule has 2 aromatic rings. The van der Waals surface area contributed by atoms with E-state index < -0.39 is 0 Å². The van der Waals surface area contributed by atoms with E-state index in [1.54, 1.807) is 12.1 Å². The van der Waals surface area contributed by atoms with E-state index in [2.05, 4.69) is 9.97 Å². The number of aromatic nitrogens is 2. The molecule has 6 heteroatoms. The standard InChI is InChI=1S/C11H8ClN3OS/c12-8-3-1-2-4-9(8)16-11-7(10(13)17)5-14-6-15-11/h1-6H,(H2,13,17). The largest absolute Gasteiger partial charge is 0.437 e. The number of thiocarbonyl (C=S) groups is 1. The van der Waals surface area contributed by atoms with Crippen LogP contribution in [0.3, 0.4) is 0 Å². The Morgan fingerprint density at radius 3 is 2.82 bits per heavy atom. The molecule has 1 aromatic heterocycles. The maximum absolute atomic E-state index is 5.97. The molecule has 0 spiro atoms. The first kappa shape index (κ1) is 11.8. The van der Waals surface area contributed by atoms with Crippen LogP contribution in [0.5, 0.6) is 11.6 Å². The van der Waals surface area contributed by atoms with Crippen molar-refractivity contribution >= 4 is 28.8 Å². The van der Waals surface area contributed by atoms with Crippen molar-refractivity contribution in [3.05, 3.63) is 47.4 Å². The van der Waals surface area contributed by atoms with E-state index >= 15 is 0 Å². The average molecular weight is 266 g/mol. The Balaban J connectivity index is 2.37. The van der Waals surface area contributed by atoms with E-state index in [9.17, 15) is 0 Å². The highest BCUT2D eigenvalue weighted by molar-refractivity contribution is 7.80. The van der Waals surface area contributed by atoms with E-state index in [-0.39, 0.29) is 4.99 Å². The number of rotatable bonds is 3. The lowest BCUT2D eigenvalue weighted by Crippen LogP contribution is -2.12. The molecular weight excluding hydrogens is 258 g/mol. The van der Waals surface area contributed by atoms with Gasteiger partial charge in [-0.1, -0.05) is 36.0 Å². The minimum absolute atomic E-state index is 0.174. The van der Waals surface area contributed by atoms with Crippen molar-refractivity contribution in [1.82, 2.24) is 9.97 Å². The predicted octanol–water partition coefficient (Wildman–Crippen LogP) is 2.56. The topological polar surface area (TPSA) is 61.0 Å². The van der Waals surface area contributed by atoms with Gasteiger partial charge in [-0.2, -0.15) is 0 Å². The third-order valence-electron chi connectivity index (χ3n) is 1.98. The molecule has 0 bridgehead atoms. The normalized spacial score (nSPS) is 9.94. The minimum atomic E-state index is 0.174. The number of nitrogens with zero attached hydrogens (tertiary/aromatic N) is 2. The fourth-order valence-corrected chi connectivity index (χ4v) is 1.51. The molecule has 0 fully saturated rings. The Bertz CT molecular complexity index is 562. The highest BCUT2D eigenvalue weighted by Crippen LogP contribution is 2.28. The Kier molecular flexibility index (Phi) is 3.51. The van der Waals surface area contributed by atoms with Gasteiger partial charge in [0.1, 0.15) is 17.1 Å². The van der Waals surface area contributed by atoms with E-state index in [4.69, 9.17) is 34.3 Å². The summed E-state index contributed by atoms with van der Waals surface area (Å²) in [6, 6.07) is 7.07. The number of benzene rings is 1. The second kappa shape index (κ2) is 5.07. The van der Waals surface area contributed by atoms with E-state index in [0.29, 0.717) is 22.2 Å². The molecule has 0 aliphatic rings. The zero-order valence-corrected chi connectivity index (χ0v) is 10.2. The molecule has 2 N–H and O–H groups in total. The maximum atomic E-state index is 5.97. The fourth-order valence-electron chi connectivity index (χ4n) is 1.20. The summed E-state index contributed by atoms with van der Waals surface area (Å²) in [5, 5.41) is 0.486. The van der Waals surface area contributed by atoms with Crippen LogP contribution in [0.1, 0.15) is 5.56 Å². The van der Waals surface area contributed by atoms with Crippen LogP contribution < -0.4 is 10.5 Å². The van der Waals surface area contributed by atoms with Crippen molar-refractivity contribution in [1.29, 1.82) is 0 Å². The molecule has 0 saturated carbocycles. The number of ether oxygens (including phenoxy) is 1. The van der Waals surface area contributed by atoms with Gasteiger partial charge in [0.05, 0.1) is 10.6 Å². The van der Waals surface area contributed by atoms with Gasteiger partial charge in [0, 0.05) is 6.20 Å². The highest BCUT2D eigenvalue weighted by Gasteiger charge is 2.10. The molecule has 86 valence electrons. The molecule has 0 amide bonds. The molecule has 17 heavy (non-hydrogen) atoms. The Morgan fingerprint density at radius 1 is 1.35 bits per heavy atom. The first-order valence-corrected chi connectivity index (χ1v) is 5.49. The first-order chi connectivity index (χ1) is 8.18. The maximum Gasteiger partial charge on any atom is 0.232 e. The molecule has 0 atom stereocenters. The summed E-state index contributed by atoms with van der Waals surface area (Å²) in [7, 11) is 0. The van der Waals surface area contributed by atoms with Gasteiger partial charge in [-0.3, -0.25) is 0 Å². The van der Waals surface area contributed by atoms with Crippen LogP contribution in [-0.4, -0.2) is 15.0 Å². The SMILES string of the molecule is NC(=S)c1cncnc1Oc1ccccc1Cl. The monoisotopic (exact) mass is 265 g/mol. The van der Waals surface area contributed by atoms with Crippen molar-refractivity contribution in [2.24, 2.45) is 5.73 Å². The zero-order chi connectivity index (χ0) is 12.3. The summed E-state index contributed by atoms with van der Waals surface area (Å²) in [6.45, 7) is 0. The highest BCUT2D eigenvalue weighted by atomic mass is 35.5. The summed E-state index contributed by atoms with van der Waals surface area (Å²) in [6.07, 6.45) is 2.86. The summed E-state index contributed by atoms with van der Waals surface area (Å²) < 4.78 is 5.55. The van der Waals surface area contributed by atoms with Gasteiger partial charge in [-0.25, -0.2) is 9.97 Å². The summed E-state index contributed by atoms with van der Waals surface area (Å²) in [5.41, 5.74) is 6.02. The smallest absolute Gasteiger partial charge is 0.232 e. The van der Waals surface area contributed by atoms with Crippen LogP contribution in [-0.2, 0) is 0 Å². The number of nitrogens with two attached hydrogens (primary N) is 1. The van der Waals surface area contributed by atoms with Crippen LogP contribution in [0, 0.1) is 0 Å². The van der Waals surface area contributed by atoms with E-state index in [1.165, 1.54) is 12.5 Å². The van der Waals surface area contributed by atoms with Gasteiger partial charge >= 0.3 is 0 Å². The van der Waals surface area contributed by atoms with Gasteiger partial charge in [0.2, 0.25) is 5.88 Å². The molecule has 2 rings (SSSR count). The lowest BCUT2D eigenvalue weighted by atomic mass is 10.3. The Hall–Kier alpha value is -1.72. The van der Waals surface area contributed by atoms with Gasteiger partial charge in [-0.15, -0.1) is 0 Å². The van der Waals surface area contributed by atoms with E-state index in [1.807, 2.05) is 12.1 Å². The molecular formula is C11H8ClN3OS. The molecule has 4 nitrogen and oxygen atoms in total. The minimum Gasteiger partial charge on any atom is -0.437 e. The first-order valence-electron chi connectivity index (χ1n) is 4.70. The second-order valence-electron chi connectivity index (χ2n) is 3.14. The van der Waals surface area contributed by atoms with Crippen molar-refractivity contribution in [3.63, 3.8) is 0 Å². The molecule has 1 aromatic carbocycles. The van der Waals surface area contributed by atoms with Crippen molar-refractivity contribution in [2.45, 2.75) is 0 Å². The van der Waals surface area contributed by atoms with Gasteiger partial charge in [0.25, 0.3) is 0 Å². The third-order valence-corrected chi connectivity index (χ3v) is 2.52. The van der Waals surface area contributed by atoms with Crippen LogP contribution in [0.4, 0.5) is 0 Å². The lowest BCUT2D eigenvalue weighted by Gasteiger charge is -2.09. The average Bonchev–Trinajstić information content (AvgIpc) is 2.32. The quantitative estimate of drug-likeness (QED) is 0.865. The number of hydrogen-bond acceptors (Lipinski definition) is 4. The Labute approximate surface area is 108 Å². The van der Waals surface area contributed by atoms with E-state index in [0.717, 1.165) is 0 Å². The van der Waals surface area contributed by atoms with Gasteiger partial charge < -0.3 is 10.5 Å². The molecule has 0 radical (unpaired) electrons. The molecule has 1 heterocycles. The molecule has 0 aliphatic heterocycles. The van der Waals surface area contributed by atoms with Crippen LogP contribution >= 0.6 is 23.8 Å². The van der Waals surface area contributed by atoms with Crippen LogP contribution in [0.15, 0.2) is 36.8 Å². The van der Waals surface area contributed by atoms with Crippen LogP contribution in [0.2, 0.25) is 5.02 Å². The molecule has 0 unspecified atom stereocenters. The summed E-state index contributed by atoms with van der Waals surface area (Å²) >= 11 is 10.9. The molecule has 0 aliphatic carbocycles. The van der Waals surface area contributed by atoms with Gasteiger partial charge in [0.15, 0.2) is 0 Å². The van der Waals surface area contributed by atoms with Crippen molar-refractivity contribution in [3.8, 4) is 11.6 Å². The van der Waals surface area contributed by atoms with Crippen molar-refractivity contribution in [2.75, 3.05) is 0 Å². The predicted molar refractivity (Wildman–Crippen MR) is 69.4 cm³/mol. The number of hydrogen-bond donors (Lipinski definition) is 1. The lowest BCUT2D eigenvalue weighted by molar-refractivity contribution is 0.460. The number of halogens is 1. The number of para-hydroxylation sites is 1. The molecule has 0 saturated heterocycles. The van der Waals surface area contributed by atoms with Crippen LogP contribution in [0.25, 0.3) is 0 Å². The zero-order valence-electron chi connectivity index (χ0n) is 8.63. The second-order valence-corrected chi connectivity index (χ2v) is 3.99. The Morgan fingerprint density at radius 2 is 2.12 bits per heavy atom. The summed E-state index contributed by atoms with van der Waals surface area (Å²) in [4.78, 5) is 7.99. The van der Waals surface area contributed by atoms with Gasteiger partial charge in [-0.05, 0) is 12.1 Å². The fraction of sp³-hybridized carbons (Fsp3) is 0. The third kappa shape index (κ3) is 2.69. The summed E-state index contributed by atoms with van der Waals surface area (Å²) in [5.74, 6) is 0.783.